The number of aromatic hydroxyl groups is 1. The molecule has 2 rings (SSSR count). The number of hydrazone groups is 1. The van der Waals surface area contributed by atoms with Crippen LogP contribution in [0.1, 0.15) is 15.9 Å². The van der Waals surface area contributed by atoms with Crippen LogP contribution < -0.4 is 5.43 Å². The number of carbonyl (C=O) groups excluding carboxylic acids is 1. The molecule has 0 radical (unpaired) electrons. The number of hydrogen-bond donors (Lipinski definition) is 2. The van der Waals surface area contributed by atoms with Crippen LogP contribution in [0.2, 0.25) is 5.02 Å². The second kappa shape index (κ2) is 7.21. The third-order valence-corrected chi connectivity index (χ3v) is 3.57. The Balaban J connectivity index is 2.13. The number of nitro benzene ring substituents is 1. The van der Waals surface area contributed by atoms with Crippen LogP contribution in [0, 0.1) is 10.1 Å². The largest absolute Gasteiger partial charge is 0.506 e. The Labute approximate surface area is 143 Å². The SMILES string of the molecule is O=C(N/N=C\c1cc(Cl)cc(Br)c1O)c1cccc([N+](=O)[O-])c1. The van der Waals surface area contributed by atoms with Gasteiger partial charge in [-0.05, 0) is 34.1 Å². The van der Waals surface area contributed by atoms with E-state index in [1.165, 1.54) is 36.5 Å². The minimum absolute atomic E-state index is 0.0808. The van der Waals surface area contributed by atoms with Crippen molar-refractivity contribution in [3.05, 3.63) is 67.1 Å². The van der Waals surface area contributed by atoms with Crippen LogP contribution in [-0.2, 0) is 0 Å². The van der Waals surface area contributed by atoms with Crippen molar-refractivity contribution in [1.29, 1.82) is 0 Å². The first-order chi connectivity index (χ1) is 10.9. The summed E-state index contributed by atoms with van der Waals surface area (Å²) < 4.78 is 0.386. The lowest BCUT2D eigenvalue weighted by molar-refractivity contribution is -0.384. The lowest BCUT2D eigenvalue weighted by Gasteiger charge is -2.03. The molecule has 2 N–H and O–H groups in total. The van der Waals surface area contributed by atoms with Crippen molar-refractivity contribution in [3.63, 3.8) is 0 Å². The summed E-state index contributed by atoms with van der Waals surface area (Å²) in [5.41, 5.74) is 2.41. The number of nitrogens with one attached hydrogen (secondary N) is 1. The highest BCUT2D eigenvalue weighted by molar-refractivity contribution is 9.10. The first-order valence-electron chi connectivity index (χ1n) is 6.14. The van der Waals surface area contributed by atoms with Gasteiger partial charge in [-0.25, -0.2) is 5.43 Å². The van der Waals surface area contributed by atoms with E-state index in [-0.39, 0.29) is 17.0 Å². The highest BCUT2D eigenvalue weighted by Crippen LogP contribution is 2.30. The number of phenolic OH excluding ortho intramolecular Hbond substituents is 1. The van der Waals surface area contributed by atoms with Crippen LogP contribution in [0.15, 0.2) is 46.0 Å². The Kier molecular flexibility index (Phi) is 5.30. The van der Waals surface area contributed by atoms with Crippen LogP contribution in [0.5, 0.6) is 5.75 Å². The van der Waals surface area contributed by atoms with E-state index in [1.54, 1.807) is 0 Å². The normalized spacial score (nSPS) is 10.7. The van der Waals surface area contributed by atoms with Crippen molar-refractivity contribution < 1.29 is 14.8 Å². The summed E-state index contributed by atoms with van der Waals surface area (Å²) in [6.45, 7) is 0. The molecule has 0 fully saturated rings. The number of halogens is 2. The Morgan fingerprint density at radius 1 is 1.39 bits per heavy atom. The second-order valence-electron chi connectivity index (χ2n) is 4.33. The molecule has 9 heteroatoms. The number of carbonyl (C=O) groups is 1. The number of non-ortho nitro benzene ring substituents is 1. The molecule has 0 aromatic heterocycles. The molecule has 0 atom stereocenters. The Morgan fingerprint density at radius 3 is 2.83 bits per heavy atom. The predicted octanol–water partition coefficient (Wildman–Crippen LogP) is 3.48. The van der Waals surface area contributed by atoms with Gasteiger partial charge in [0.15, 0.2) is 0 Å². The topological polar surface area (TPSA) is 105 Å². The molecule has 0 saturated heterocycles. The molecule has 118 valence electrons. The molecule has 0 heterocycles. The summed E-state index contributed by atoms with van der Waals surface area (Å²) in [5.74, 6) is -0.701. The van der Waals surface area contributed by atoms with Gasteiger partial charge < -0.3 is 5.11 Å². The minimum Gasteiger partial charge on any atom is -0.506 e. The molecular weight excluding hydrogens is 390 g/mol. The van der Waals surface area contributed by atoms with E-state index in [0.717, 1.165) is 6.07 Å². The number of amides is 1. The van der Waals surface area contributed by atoms with E-state index in [4.69, 9.17) is 11.6 Å². The third kappa shape index (κ3) is 4.27. The molecule has 0 aliphatic heterocycles. The van der Waals surface area contributed by atoms with Crippen LogP contribution in [0.4, 0.5) is 5.69 Å². The van der Waals surface area contributed by atoms with E-state index < -0.39 is 10.8 Å². The molecule has 7 nitrogen and oxygen atoms in total. The summed E-state index contributed by atoms with van der Waals surface area (Å²) in [6.07, 6.45) is 1.21. The summed E-state index contributed by atoms with van der Waals surface area (Å²) in [7, 11) is 0. The zero-order valence-corrected chi connectivity index (χ0v) is 13.7. The number of nitrogens with zero attached hydrogens (tertiary/aromatic N) is 2. The van der Waals surface area contributed by atoms with Gasteiger partial charge in [0.1, 0.15) is 5.75 Å². The highest BCUT2D eigenvalue weighted by Gasteiger charge is 2.11. The van der Waals surface area contributed by atoms with Crippen LogP contribution in [0.3, 0.4) is 0 Å². The molecule has 23 heavy (non-hydrogen) atoms. The highest BCUT2D eigenvalue weighted by atomic mass is 79.9. The third-order valence-electron chi connectivity index (χ3n) is 2.75. The van der Waals surface area contributed by atoms with E-state index in [9.17, 15) is 20.0 Å². The lowest BCUT2D eigenvalue weighted by Crippen LogP contribution is -2.17. The molecule has 1 amide bonds. The molecular formula is C14H9BrClN3O4. The number of benzene rings is 2. The van der Waals surface area contributed by atoms with Crippen molar-refractivity contribution in [2.45, 2.75) is 0 Å². The van der Waals surface area contributed by atoms with Gasteiger partial charge in [-0.15, -0.1) is 0 Å². The van der Waals surface area contributed by atoms with Gasteiger partial charge in [-0.3, -0.25) is 14.9 Å². The zero-order valence-electron chi connectivity index (χ0n) is 11.4. The molecule has 0 aliphatic carbocycles. The Hall–Kier alpha value is -2.45. The quantitative estimate of drug-likeness (QED) is 0.467. The number of rotatable bonds is 4. The van der Waals surface area contributed by atoms with E-state index >= 15 is 0 Å². The van der Waals surface area contributed by atoms with Crippen molar-refractivity contribution >= 4 is 45.3 Å². The molecule has 0 spiro atoms. The van der Waals surface area contributed by atoms with Crippen LogP contribution >= 0.6 is 27.5 Å². The maximum Gasteiger partial charge on any atom is 0.271 e. The first-order valence-corrected chi connectivity index (χ1v) is 7.31. The van der Waals surface area contributed by atoms with Gasteiger partial charge in [0.2, 0.25) is 0 Å². The van der Waals surface area contributed by atoms with Crippen molar-refractivity contribution in [1.82, 2.24) is 5.43 Å². The Bertz CT molecular complexity index is 811. The summed E-state index contributed by atoms with van der Waals surface area (Å²) in [5, 5.41) is 24.6. The fourth-order valence-electron chi connectivity index (χ4n) is 1.67. The molecule has 2 aromatic carbocycles. The van der Waals surface area contributed by atoms with Gasteiger partial charge in [0.05, 0.1) is 15.6 Å². The minimum atomic E-state index is -0.620. The van der Waals surface area contributed by atoms with Gasteiger partial charge in [0.25, 0.3) is 11.6 Å². The van der Waals surface area contributed by atoms with Crippen LogP contribution in [-0.4, -0.2) is 22.2 Å². The average molecular weight is 399 g/mol. The zero-order chi connectivity index (χ0) is 17.0. The van der Waals surface area contributed by atoms with Gasteiger partial charge in [0, 0.05) is 28.3 Å². The van der Waals surface area contributed by atoms with E-state index in [0.29, 0.717) is 15.1 Å². The molecule has 0 unspecified atom stereocenters. The van der Waals surface area contributed by atoms with Crippen molar-refractivity contribution in [2.24, 2.45) is 5.10 Å². The standard InChI is InChI=1S/C14H9BrClN3O4/c15-12-6-10(16)4-9(13(12)20)7-17-18-14(21)8-2-1-3-11(5-8)19(22)23/h1-7,20H,(H,18,21)/b17-7-. The maximum atomic E-state index is 11.9. The summed E-state index contributed by atoms with van der Waals surface area (Å²) >= 11 is 8.98. The van der Waals surface area contributed by atoms with Crippen molar-refractivity contribution in [2.75, 3.05) is 0 Å². The summed E-state index contributed by atoms with van der Waals surface area (Å²) in [6, 6.07) is 8.21. The Morgan fingerprint density at radius 2 is 2.13 bits per heavy atom. The predicted molar refractivity (Wildman–Crippen MR) is 89.0 cm³/mol. The molecule has 0 bridgehead atoms. The summed E-state index contributed by atoms with van der Waals surface area (Å²) in [4.78, 5) is 22.0. The average Bonchev–Trinajstić information content (AvgIpc) is 2.51. The first kappa shape index (κ1) is 16.9. The molecule has 0 aliphatic rings. The number of phenols is 1. The monoisotopic (exact) mass is 397 g/mol. The van der Waals surface area contributed by atoms with Crippen LogP contribution in [0.25, 0.3) is 0 Å². The number of nitro groups is 1. The molecule has 2 aromatic rings. The van der Waals surface area contributed by atoms with Gasteiger partial charge in [-0.1, -0.05) is 17.7 Å². The molecule has 0 saturated carbocycles. The number of hydrogen-bond acceptors (Lipinski definition) is 5. The van der Waals surface area contributed by atoms with Crippen molar-refractivity contribution in [3.8, 4) is 5.75 Å². The smallest absolute Gasteiger partial charge is 0.271 e. The van der Waals surface area contributed by atoms with E-state index in [1.807, 2.05) is 0 Å². The fraction of sp³-hybridized carbons (Fsp3) is 0. The second-order valence-corrected chi connectivity index (χ2v) is 5.62. The van der Waals surface area contributed by atoms with E-state index in [2.05, 4.69) is 26.5 Å². The fourth-order valence-corrected chi connectivity index (χ4v) is 2.50. The van der Waals surface area contributed by atoms with Gasteiger partial charge >= 0.3 is 0 Å². The maximum absolute atomic E-state index is 11.9. The lowest BCUT2D eigenvalue weighted by atomic mass is 10.2. The van der Waals surface area contributed by atoms with Gasteiger partial charge in [-0.2, -0.15) is 5.10 Å².